The Balaban J connectivity index is 3.50. The monoisotopic (exact) mass is 226 g/mol. The molecule has 0 unspecified atom stereocenters. The lowest BCUT2D eigenvalue weighted by Gasteiger charge is -2.10. The molecule has 5 nitrogen and oxygen atoms in total. The Morgan fingerprint density at radius 3 is 2.62 bits per heavy atom. The Morgan fingerprint density at radius 1 is 1.50 bits per heavy atom. The molecule has 1 N–H and O–H groups in total. The number of carbonyl (C=O) groups is 1. The summed E-state index contributed by atoms with van der Waals surface area (Å²) in [5.74, 6) is 0.411. The lowest BCUT2D eigenvalue weighted by molar-refractivity contribution is 0.111. The van der Waals surface area contributed by atoms with Gasteiger partial charge in [-0.25, -0.2) is 4.79 Å². The predicted octanol–water partition coefficient (Wildman–Crippen LogP) is 0.906. The van der Waals surface area contributed by atoms with E-state index in [4.69, 9.17) is 14.3 Å². The average molecular weight is 226 g/mol. The maximum Gasteiger partial charge on any atom is 0.345 e. The summed E-state index contributed by atoms with van der Waals surface area (Å²) >= 11 is 0. The Bertz CT molecular complexity index is 433. The summed E-state index contributed by atoms with van der Waals surface area (Å²) in [6.45, 7) is 1.39. The first-order chi connectivity index (χ1) is 7.69. The Kier molecular flexibility index (Phi) is 4.25. The third-order valence-electron chi connectivity index (χ3n) is 2.24. The standard InChI is InChI=1S/C11H14O5/c1-3-4-9-7(5-12)10(15-2)8(6-13)11(14)16-9/h5,13H,3-4,6H2,1-2H3. The highest BCUT2D eigenvalue weighted by molar-refractivity contribution is 5.81. The highest BCUT2D eigenvalue weighted by Gasteiger charge is 2.18. The van der Waals surface area contributed by atoms with Crippen LogP contribution in [0.15, 0.2) is 9.21 Å². The molecule has 1 rings (SSSR count). The van der Waals surface area contributed by atoms with Crippen LogP contribution in [0.4, 0.5) is 0 Å². The van der Waals surface area contributed by atoms with E-state index in [0.717, 1.165) is 6.42 Å². The van der Waals surface area contributed by atoms with Crippen molar-refractivity contribution in [1.29, 1.82) is 0 Å². The fourth-order valence-corrected chi connectivity index (χ4v) is 1.51. The second-order valence-corrected chi connectivity index (χ2v) is 3.26. The molecule has 0 aliphatic heterocycles. The van der Waals surface area contributed by atoms with Gasteiger partial charge in [0.1, 0.15) is 17.1 Å². The molecule has 5 heteroatoms. The average Bonchev–Trinajstić information content (AvgIpc) is 2.28. The van der Waals surface area contributed by atoms with Gasteiger partial charge in [0, 0.05) is 6.42 Å². The van der Waals surface area contributed by atoms with Crippen molar-refractivity contribution < 1.29 is 19.1 Å². The normalized spacial score (nSPS) is 10.2. The van der Waals surface area contributed by atoms with E-state index in [9.17, 15) is 9.59 Å². The lowest BCUT2D eigenvalue weighted by atomic mass is 10.1. The van der Waals surface area contributed by atoms with Crippen LogP contribution in [0.1, 0.15) is 35.0 Å². The summed E-state index contributed by atoms with van der Waals surface area (Å²) in [4.78, 5) is 22.4. The van der Waals surface area contributed by atoms with Crippen LogP contribution < -0.4 is 10.4 Å². The minimum absolute atomic E-state index is 0.0237. The van der Waals surface area contributed by atoms with E-state index in [2.05, 4.69) is 0 Å². The minimum atomic E-state index is -0.659. The highest BCUT2D eigenvalue weighted by atomic mass is 16.5. The van der Waals surface area contributed by atoms with Crippen LogP contribution in [0.2, 0.25) is 0 Å². The number of ether oxygens (including phenoxy) is 1. The number of aryl methyl sites for hydroxylation is 1. The van der Waals surface area contributed by atoms with E-state index in [1.54, 1.807) is 0 Å². The summed E-state index contributed by atoms with van der Waals surface area (Å²) < 4.78 is 9.95. The summed E-state index contributed by atoms with van der Waals surface area (Å²) in [6.07, 6.45) is 1.79. The number of carbonyl (C=O) groups excluding carboxylic acids is 1. The fourth-order valence-electron chi connectivity index (χ4n) is 1.51. The summed E-state index contributed by atoms with van der Waals surface area (Å²) in [7, 11) is 1.34. The first-order valence-corrected chi connectivity index (χ1v) is 4.98. The lowest BCUT2D eigenvalue weighted by Crippen LogP contribution is -2.14. The van der Waals surface area contributed by atoms with Crippen LogP contribution in [0.5, 0.6) is 5.75 Å². The fraction of sp³-hybridized carbons (Fsp3) is 0.455. The topological polar surface area (TPSA) is 76.7 Å². The molecular formula is C11H14O5. The van der Waals surface area contributed by atoms with Gasteiger partial charge < -0.3 is 14.3 Å². The Hall–Kier alpha value is -1.62. The molecule has 0 fully saturated rings. The molecule has 0 bridgehead atoms. The van der Waals surface area contributed by atoms with E-state index in [-0.39, 0.29) is 16.9 Å². The SMILES string of the molecule is CCCc1oc(=O)c(CO)c(OC)c1C=O. The van der Waals surface area contributed by atoms with Crippen LogP contribution in [0.25, 0.3) is 0 Å². The minimum Gasteiger partial charge on any atom is -0.495 e. The van der Waals surface area contributed by atoms with Crippen LogP contribution in [0.3, 0.4) is 0 Å². The van der Waals surface area contributed by atoms with Crippen LogP contribution in [-0.2, 0) is 13.0 Å². The van der Waals surface area contributed by atoms with Crippen molar-refractivity contribution >= 4 is 6.29 Å². The molecule has 88 valence electrons. The molecular weight excluding hydrogens is 212 g/mol. The molecule has 0 spiro atoms. The van der Waals surface area contributed by atoms with Gasteiger partial charge >= 0.3 is 5.63 Å². The maximum absolute atomic E-state index is 11.5. The zero-order valence-electron chi connectivity index (χ0n) is 9.28. The molecule has 0 atom stereocenters. The molecule has 1 aromatic heterocycles. The Morgan fingerprint density at radius 2 is 2.19 bits per heavy atom. The van der Waals surface area contributed by atoms with E-state index in [1.165, 1.54) is 7.11 Å². The van der Waals surface area contributed by atoms with Gasteiger partial charge in [-0.1, -0.05) is 6.92 Å². The molecule has 16 heavy (non-hydrogen) atoms. The predicted molar refractivity (Wildman–Crippen MR) is 56.8 cm³/mol. The maximum atomic E-state index is 11.5. The van der Waals surface area contributed by atoms with Crippen molar-refractivity contribution in [3.05, 3.63) is 27.3 Å². The van der Waals surface area contributed by atoms with Crippen molar-refractivity contribution in [1.82, 2.24) is 0 Å². The first-order valence-electron chi connectivity index (χ1n) is 4.98. The van der Waals surface area contributed by atoms with Crippen molar-refractivity contribution in [2.75, 3.05) is 7.11 Å². The molecule has 0 aliphatic carbocycles. The smallest absolute Gasteiger partial charge is 0.345 e. The van der Waals surface area contributed by atoms with Gasteiger partial charge in [-0.05, 0) is 6.42 Å². The number of aliphatic hydroxyl groups is 1. The van der Waals surface area contributed by atoms with E-state index >= 15 is 0 Å². The Labute approximate surface area is 92.7 Å². The third-order valence-corrected chi connectivity index (χ3v) is 2.24. The second kappa shape index (κ2) is 5.46. The molecule has 0 saturated carbocycles. The van der Waals surface area contributed by atoms with Crippen molar-refractivity contribution in [2.45, 2.75) is 26.4 Å². The summed E-state index contributed by atoms with van der Waals surface area (Å²) in [6, 6.07) is 0. The van der Waals surface area contributed by atoms with Crippen molar-refractivity contribution in [3.63, 3.8) is 0 Å². The largest absolute Gasteiger partial charge is 0.495 e. The van der Waals surface area contributed by atoms with Crippen LogP contribution >= 0.6 is 0 Å². The second-order valence-electron chi connectivity index (χ2n) is 3.26. The molecule has 0 aromatic carbocycles. The van der Waals surface area contributed by atoms with E-state index in [1.807, 2.05) is 6.92 Å². The zero-order chi connectivity index (χ0) is 12.1. The van der Waals surface area contributed by atoms with Crippen LogP contribution in [0, 0.1) is 0 Å². The highest BCUT2D eigenvalue weighted by Crippen LogP contribution is 2.23. The van der Waals surface area contributed by atoms with Gasteiger partial charge in [-0.3, -0.25) is 4.79 Å². The number of methoxy groups -OCH3 is 1. The summed E-state index contributed by atoms with van der Waals surface area (Å²) in [5.41, 5.74) is -0.481. The zero-order valence-corrected chi connectivity index (χ0v) is 9.28. The molecule has 0 saturated heterocycles. The van der Waals surface area contributed by atoms with Crippen molar-refractivity contribution in [3.8, 4) is 5.75 Å². The quantitative estimate of drug-likeness (QED) is 0.755. The number of aldehydes is 1. The van der Waals surface area contributed by atoms with Gasteiger partial charge in [0.25, 0.3) is 0 Å². The van der Waals surface area contributed by atoms with Gasteiger partial charge in [-0.15, -0.1) is 0 Å². The first kappa shape index (κ1) is 12.4. The van der Waals surface area contributed by atoms with Gasteiger partial charge in [0.15, 0.2) is 6.29 Å². The summed E-state index contributed by atoms with van der Waals surface area (Å²) in [5, 5.41) is 9.02. The third kappa shape index (κ3) is 2.14. The molecule has 0 amide bonds. The molecule has 0 radical (unpaired) electrons. The van der Waals surface area contributed by atoms with E-state index in [0.29, 0.717) is 18.5 Å². The van der Waals surface area contributed by atoms with Crippen molar-refractivity contribution in [2.24, 2.45) is 0 Å². The van der Waals surface area contributed by atoms with Gasteiger partial charge in [0.05, 0.1) is 19.3 Å². The number of rotatable bonds is 5. The molecule has 1 aromatic rings. The van der Waals surface area contributed by atoms with E-state index < -0.39 is 12.2 Å². The number of hydrogen-bond acceptors (Lipinski definition) is 5. The van der Waals surface area contributed by atoms with Crippen LogP contribution in [-0.4, -0.2) is 18.5 Å². The van der Waals surface area contributed by atoms with Gasteiger partial charge in [0.2, 0.25) is 0 Å². The number of hydrogen-bond donors (Lipinski definition) is 1. The van der Waals surface area contributed by atoms with Gasteiger partial charge in [-0.2, -0.15) is 0 Å². The molecule has 1 heterocycles. The molecule has 0 aliphatic rings. The number of aliphatic hydroxyl groups excluding tert-OH is 1.